The monoisotopic (exact) mass is 418 g/mol. The van der Waals surface area contributed by atoms with Gasteiger partial charge in [-0.25, -0.2) is 5.43 Å². The first-order chi connectivity index (χ1) is 14.0. The number of halogens is 1. The standard InChI is InChI=1S/C22H27ClN2O4/c1-4-12-27-20-9-6-17(21(14-20)28-13-5-2)15-24-25-22(26)16(3)29-19-10-7-18(23)8-11-19/h6-11,14-16H,4-5,12-13H2,1-3H3,(H,25,26). The lowest BCUT2D eigenvalue weighted by Crippen LogP contribution is -2.33. The zero-order chi connectivity index (χ0) is 21.1. The van der Waals surface area contributed by atoms with E-state index >= 15 is 0 Å². The van der Waals surface area contributed by atoms with Crippen LogP contribution in [0, 0.1) is 0 Å². The van der Waals surface area contributed by atoms with Crippen LogP contribution in [-0.2, 0) is 4.79 Å². The van der Waals surface area contributed by atoms with Crippen molar-refractivity contribution in [3.05, 3.63) is 53.1 Å². The number of hydrazone groups is 1. The van der Waals surface area contributed by atoms with E-state index in [1.807, 2.05) is 25.1 Å². The van der Waals surface area contributed by atoms with Gasteiger partial charge in [-0.05, 0) is 56.2 Å². The van der Waals surface area contributed by atoms with Gasteiger partial charge in [-0.15, -0.1) is 0 Å². The molecule has 7 heteroatoms. The van der Waals surface area contributed by atoms with Crippen LogP contribution in [0.25, 0.3) is 0 Å². The topological polar surface area (TPSA) is 69.2 Å². The van der Waals surface area contributed by atoms with Crippen LogP contribution >= 0.6 is 11.6 Å². The Balaban J connectivity index is 1.97. The first-order valence-electron chi connectivity index (χ1n) is 9.68. The Labute approximate surface area is 176 Å². The molecule has 6 nitrogen and oxygen atoms in total. The fourth-order valence-corrected chi connectivity index (χ4v) is 2.42. The minimum Gasteiger partial charge on any atom is -0.493 e. The zero-order valence-corrected chi connectivity index (χ0v) is 17.7. The third kappa shape index (κ3) is 7.66. The van der Waals surface area contributed by atoms with Gasteiger partial charge < -0.3 is 14.2 Å². The lowest BCUT2D eigenvalue weighted by molar-refractivity contribution is -0.127. The summed E-state index contributed by atoms with van der Waals surface area (Å²) in [5, 5.41) is 4.64. The minimum atomic E-state index is -0.714. The highest BCUT2D eigenvalue weighted by Gasteiger charge is 2.14. The van der Waals surface area contributed by atoms with Crippen molar-refractivity contribution < 1.29 is 19.0 Å². The van der Waals surface area contributed by atoms with Gasteiger partial charge in [-0.2, -0.15) is 5.10 Å². The molecule has 1 N–H and O–H groups in total. The third-order valence-electron chi connectivity index (χ3n) is 3.79. The lowest BCUT2D eigenvalue weighted by atomic mass is 10.2. The highest BCUT2D eigenvalue weighted by molar-refractivity contribution is 6.30. The molecule has 2 aromatic carbocycles. The van der Waals surface area contributed by atoms with Crippen LogP contribution in [0.1, 0.15) is 39.2 Å². The Morgan fingerprint density at radius 1 is 1.07 bits per heavy atom. The molecule has 1 amide bonds. The molecular formula is C22H27ClN2O4. The van der Waals surface area contributed by atoms with Crippen molar-refractivity contribution in [2.45, 2.75) is 39.7 Å². The maximum atomic E-state index is 12.2. The van der Waals surface area contributed by atoms with Gasteiger partial charge in [0, 0.05) is 16.7 Å². The summed E-state index contributed by atoms with van der Waals surface area (Å²) in [6, 6.07) is 12.3. The average Bonchev–Trinajstić information content (AvgIpc) is 2.73. The van der Waals surface area contributed by atoms with E-state index in [-0.39, 0.29) is 5.91 Å². The molecule has 29 heavy (non-hydrogen) atoms. The van der Waals surface area contributed by atoms with Crippen molar-refractivity contribution in [3.8, 4) is 17.2 Å². The Morgan fingerprint density at radius 3 is 2.41 bits per heavy atom. The summed E-state index contributed by atoms with van der Waals surface area (Å²) in [5.41, 5.74) is 3.23. The summed E-state index contributed by atoms with van der Waals surface area (Å²) >= 11 is 5.84. The Morgan fingerprint density at radius 2 is 1.72 bits per heavy atom. The predicted molar refractivity (Wildman–Crippen MR) is 115 cm³/mol. The fourth-order valence-electron chi connectivity index (χ4n) is 2.30. The molecular weight excluding hydrogens is 392 g/mol. The third-order valence-corrected chi connectivity index (χ3v) is 4.05. The van der Waals surface area contributed by atoms with Gasteiger partial charge in [0.05, 0.1) is 19.4 Å². The maximum Gasteiger partial charge on any atom is 0.280 e. The summed E-state index contributed by atoms with van der Waals surface area (Å²) < 4.78 is 17.0. The van der Waals surface area contributed by atoms with Crippen molar-refractivity contribution in [1.29, 1.82) is 0 Å². The van der Waals surface area contributed by atoms with Gasteiger partial charge in [-0.3, -0.25) is 4.79 Å². The summed E-state index contributed by atoms with van der Waals surface area (Å²) in [4.78, 5) is 12.2. The van der Waals surface area contributed by atoms with E-state index in [0.29, 0.717) is 29.7 Å². The first-order valence-corrected chi connectivity index (χ1v) is 10.1. The summed E-state index contributed by atoms with van der Waals surface area (Å²) in [5.74, 6) is 1.59. The van der Waals surface area contributed by atoms with Crippen LogP contribution in [0.5, 0.6) is 17.2 Å². The highest BCUT2D eigenvalue weighted by Crippen LogP contribution is 2.24. The molecule has 156 valence electrons. The molecule has 1 atom stereocenters. The molecule has 2 rings (SSSR count). The van der Waals surface area contributed by atoms with Crippen LogP contribution in [0.2, 0.25) is 5.02 Å². The van der Waals surface area contributed by atoms with Gasteiger partial charge in [-0.1, -0.05) is 25.4 Å². The van der Waals surface area contributed by atoms with Crippen LogP contribution in [0.15, 0.2) is 47.6 Å². The summed E-state index contributed by atoms with van der Waals surface area (Å²) in [6.07, 6.45) is 2.64. The first kappa shape index (κ1) is 22.6. The molecule has 0 saturated carbocycles. The zero-order valence-electron chi connectivity index (χ0n) is 17.0. The van der Waals surface area contributed by atoms with Gasteiger partial charge in [0.2, 0.25) is 0 Å². The average molecular weight is 419 g/mol. The minimum absolute atomic E-state index is 0.366. The van der Waals surface area contributed by atoms with Crippen molar-refractivity contribution in [1.82, 2.24) is 5.43 Å². The van der Waals surface area contributed by atoms with E-state index in [1.165, 1.54) is 0 Å². The van der Waals surface area contributed by atoms with Crippen molar-refractivity contribution in [3.63, 3.8) is 0 Å². The molecule has 2 aromatic rings. The SMILES string of the molecule is CCCOc1ccc(C=NNC(=O)C(C)Oc2ccc(Cl)cc2)c(OCCC)c1. The van der Waals surface area contributed by atoms with Gasteiger partial charge in [0.1, 0.15) is 17.2 Å². The maximum absolute atomic E-state index is 12.2. The molecule has 1 unspecified atom stereocenters. The van der Waals surface area contributed by atoms with E-state index in [0.717, 1.165) is 24.2 Å². The van der Waals surface area contributed by atoms with Crippen LogP contribution in [-0.4, -0.2) is 31.4 Å². The van der Waals surface area contributed by atoms with E-state index in [2.05, 4.69) is 17.5 Å². The van der Waals surface area contributed by atoms with Crippen molar-refractivity contribution >= 4 is 23.7 Å². The van der Waals surface area contributed by atoms with Crippen LogP contribution < -0.4 is 19.6 Å². The second kappa shape index (κ2) is 12.0. The number of carbonyl (C=O) groups excluding carboxylic acids is 1. The van der Waals surface area contributed by atoms with E-state index < -0.39 is 6.10 Å². The normalized spacial score (nSPS) is 11.9. The number of rotatable bonds is 11. The molecule has 0 bridgehead atoms. The van der Waals surface area contributed by atoms with Crippen molar-refractivity contribution in [2.75, 3.05) is 13.2 Å². The largest absolute Gasteiger partial charge is 0.493 e. The molecule has 0 fully saturated rings. The number of nitrogens with one attached hydrogen (secondary N) is 1. The van der Waals surface area contributed by atoms with Gasteiger partial charge in [0.15, 0.2) is 6.10 Å². The number of carbonyl (C=O) groups is 1. The molecule has 0 aromatic heterocycles. The van der Waals surface area contributed by atoms with E-state index in [4.69, 9.17) is 25.8 Å². The number of benzene rings is 2. The Hall–Kier alpha value is -2.73. The predicted octanol–water partition coefficient (Wildman–Crippen LogP) is 4.84. The number of ether oxygens (including phenoxy) is 3. The molecule has 0 saturated heterocycles. The number of nitrogens with zero attached hydrogens (tertiary/aromatic N) is 1. The number of amides is 1. The number of hydrogen-bond donors (Lipinski definition) is 1. The second-order valence-corrected chi connectivity index (χ2v) is 6.78. The quantitative estimate of drug-likeness (QED) is 0.419. The Kier molecular flexibility index (Phi) is 9.31. The Bertz CT molecular complexity index is 809. The molecule has 0 radical (unpaired) electrons. The second-order valence-electron chi connectivity index (χ2n) is 6.34. The molecule has 0 aliphatic rings. The van der Waals surface area contributed by atoms with Gasteiger partial charge >= 0.3 is 0 Å². The van der Waals surface area contributed by atoms with Crippen LogP contribution in [0.4, 0.5) is 0 Å². The molecule has 0 spiro atoms. The smallest absolute Gasteiger partial charge is 0.280 e. The summed E-state index contributed by atoms with van der Waals surface area (Å²) in [6.45, 7) is 6.96. The van der Waals surface area contributed by atoms with Crippen LogP contribution in [0.3, 0.4) is 0 Å². The molecule has 0 heterocycles. The van der Waals surface area contributed by atoms with Crippen molar-refractivity contribution in [2.24, 2.45) is 5.10 Å². The van der Waals surface area contributed by atoms with Gasteiger partial charge in [0.25, 0.3) is 5.91 Å². The van der Waals surface area contributed by atoms with E-state index in [1.54, 1.807) is 37.4 Å². The van der Waals surface area contributed by atoms with E-state index in [9.17, 15) is 4.79 Å². The lowest BCUT2D eigenvalue weighted by Gasteiger charge is -2.13. The fraction of sp³-hybridized carbons (Fsp3) is 0.364. The summed E-state index contributed by atoms with van der Waals surface area (Å²) in [7, 11) is 0. The highest BCUT2D eigenvalue weighted by atomic mass is 35.5. The molecule has 0 aliphatic carbocycles. The number of hydrogen-bond acceptors (Lipinski definition) is 5. The molecule has 0 aliphatic heterocycles.